The van der Waals surface area contributed by atoms with E-state index in [4.69, 9.17) is 9.47 Å². The van der Waals surface area contributed by atoms with Gasteiger partial charge in [-0.25, -0.2) is 8.42 Å². The van der Waals surface area contributed by atoms with Crippen molar-refractivity contribution >= 4 is 21.4 Å². The standard InChI is InChI=1S/C17H18N2O6S/c1-4-5-12-6-9-15(17(10-12)24-2)25-16-11-13(19(20)21)7-8-14(16)18-26(3,22)23/h4,6-11,18H,1,5H2,2-3H3. The number of nitrogens with one attached hydrogen (secondary N) is 1. The number of hydrogen-bond acceptors (Lipinski definition) is 6. The topological polar surface area (TPSA) is 108 Å². The highest BCUT2D eigenvalue weighted by Gasteiger charge is 2.17. The minimum atomic E-state index is -3.60. The molecule has 0 bridgehead atoms. The molecule has 2 aromatic carbocycles. The summed E-state index contributed by atoms with van der Waals surface area (Å²) in [5.74, 6) is 0.679. The highest BCUT2D eigenvalue weighted by Crippen LogP contribution is 2.38. The average molecular weight is 378 g/mol. The number of anilines is 1. The van der Waals surface area contributed by atoms with E-state index in [1.54, 1.807) is 24.3 Å². The van der Waals surface area contributed by atoms with Crippen LogP contribution in [-0.4, -0.2) is 26.7 Å². The minimum Gasteiger partial charge on any atom is -0.493 e. The Balaban J connectivity index is 2.47. The molecule has 0 saturated heterocycles. The Hall–Kier alpha value is -3.07. The summed E-state index contributed by atoms with van der Waals surface area (Å²) in [5.41, 5.74) is 0.786. The highest BCUT2D eigenvalue weighted by atomic mass is 32.2. The Labute approximate surface area is 151 Å². The maximum absolute atomic E-state index is 11.5. The van der Waals surface area contributed by atoms with Crippen molar-refractivity contribution in [3.8, 4) is 17.2 Å². The van der Waals surface area contributed by atoms with Crippen LogP contribution in [-0.2, 0) is 16.4 Å². The average Bonchev–Trinajstić information content (AvgIpc) is 2.56. The molecule has 0 radical (unpaired) electrons. The molecular weight excluding hydrogens is 360 g/mol. The van der Waals surface area contributed by atoms with Crippen LogP contribution >= 0.6 is 0 Å². The second-order valence-corrected chi connectivity index (χ2v) is 7.14. The number of benzene rings is 2. The predicted molar refractivity (Wildman–Crippen MR) is 98.5 cm³/mol. The van der Waals surface area contributed by atoms with Crippen LogP contribution in [0.25, 0.3) is 0 Å². The smallest absolute Gasteiger partial charge is 0.273 e. The molecule has 0 spiro atoms. The Morgan fingerprint density at radius 3 is 2.50 bits per heavy atom. The van der Waals surface area contributed by atoms with Crippen molar-refractivity contribution in [2.45, 2.75) is 6.42 Å². The van der Waals surface area contributed by atoms with E-state index in [9.17, 15) is 18.5 Å². The van der Waals surface area contributed by atoms with Crippen LogP contribution in [0, 0.1) is 10.1 Å². The van der Waals surface area contributed by atoms with Gasteiger partial charge in [-0.05, 0) is 30.2 Å². The van der Waals surface area contributed by atoms with Gasteiger partial charge < -0.3 is 9.47 Å². The van der Waals surface area contributed by atoms with Gasteiger partial charge in [0.25, 0.3) is 5.69 Å². The van der Waals surface area contributed by atoms with Crippen molar-refractivity contribution in [2.24, 2.45) is 0 Å². The fourth-order valence-corrected chi connectivity index (χ4v) is 2.77. The van der Waals surface area contributed by atoms with Gasteiger partial charge in [0, 0.05) is 6.07 Å². The molecule has 2 rings (SSSR count). The summed E-state index contributed by atoms with van der Waals surface area (Å²) in [7, 11) is -2.14. The van der Waals surface area contributed by atoms with Crippen LogP contribution in [0.4, 0.5) is 11.4 Å². The van der Waals surface area contributed by atoms with Crippen LogP contribution in [0.15, 0.2) is 49.1 Å². The van der Waals surface area contributed by atoms with Crippen LogP contribution in [0.1, 0.15) is 5.56 Å². The van der Waals surface area contributed by atoms with Gasteiger partial charge in [0.15, 0.2) is 17.2 Å². The van der Waals surface area contributed by atoms with Crippen molar-refractivity contribution in [3.63, 3.8) is 0 Å². The molecule has 9 heteroatoms. The van der Waals surface area contributed by atoms with E-state index in [1.165, 1.54) is 19.2 Å². The maximum Gasteiger partial charge on any atom is 0.273 e. The fourth-order valence-electron chi connectivity index (χ4n) is 2.20. The molecule has 0 amide bonds. The largest absolute Gasteiger partial charge is 0.493 e. The van der Waals surface area contributed by atoms with E-state index < -0.39 is 14.9 Å². The first-order valence-electron chi connectivity index (χ1n) is 7.45. The van der Waals surface area contributed by atoms with Crippen LogP contribution in [0.3, 0.4) is 0 Å². The molecule has 1 N–H and O–H groups in total. The molecule has 0 saturated carbocycles. The molecule has 0 aliphatic heterocycles. The molecule has 0 unspecified atom stereocenters. The van der Waals surface area contributed by atoms with E-state index in [0.29, 0.717) is 12.2 Å². The maximum atomic E-state index is 11.5. The Bertz CT molecular complexity index is 940. The Morgan fingerprint density at radius 1 is 1.19 bits per heavy atom. The lowest BCUT2D eigenvalue weighted by molar-refractivity contribution is -0.384. The first-order chi connectivity index (χ1) is 12.2. The number of ether oxygens (including phenoxy) is 2. The van der Waals surface area contributed by atoms with E-state index in [-0.39, 0.29) is 22.9 Å². The van der Waals surface area contributed by atoms with Crippen molar-refractivity contribution in [3.05, 3.63) is 64.7 Å². The van der Waals surface area contributed by atoms with Crippen molar-refractivity contribution in [1.82, 2.24) is 0 Å². The second-order valence-electron chi connectivity index (χ2n) is 5.39. The lowest BCUT2D eigenvalue weighted by atomic mass is 10.1. The number of sulfonamides is 1. The van der Waals surface area contributed by atoms with Crippen LogP contribution < -0.4 is 14.2 Å². The van der Waals surface area contributed by atoms with Gasteiger partial charge in [-0.1, -0.05) is 12.1 Å². The van der Waals surface area contributed by atoms with Gasteiger partial charge in [-0.15, -0.1) is 6.58 Å². The lowest BCUT2D eigenvalue weighted by Gasteiger charge is -2.14. The summed E-state index contributed by atoms with van der Waals surface area (Å²) in [6.45, 7) is 3.67. The third kappa shape index (κ3) is 4.96. The van der Waals surface area contributed by atoms with Gasteiger partial charge in [-0.2, -0.15) is 0 Å². The molecule has 0 aliphatic carbocycles. The van der Waals surface area contributed by atoms with Crippen molar-refractivity contribution in [2.75, 3.05) is 18.1 Å². The quantitative estimate of drug-likeness (QED) is 0.428. The molecule has 8 nitrogen and oxygen atoms in total. The summed E-state index contributed by atoms with van der Waals surface area (Å²) >= 11 is 0. The van der Waals surface area contributed by atoms with Crippen molar-refractivity contribution < 1.29 is 22.8 Å². The van der Waals surface area contributed by atoms with E-state index >= 15 is 0 Å². The monoisotopic (exact) mass is 378 g/mol. The molecule has 26 heavy (non-hydrogen) atoms. The van der Waals surface area contributed by atoms with Gasteiger partial charge in [0.2, 0.25) is 10.0 Å². The molecular formula is C17H18N2O6S. The number of allylic oxidation sites excluding steroid dienone is 1. The van der Waals surface area contributed by atoms with E-state index in [0.717, 1.165) is 17.9 Å². The van der Waals surface area contributed by atoms with Gasteiger partial charge in [0.05, 0.1) is 30.0 Å². The molecule has 0 aromatic heterocycles. The summed E-state index contributed by atoms with van der Waals surface area (Å²) in [6, 6.07) is 8.78. The third-order valence-electron chi connectivity index (χ3n) is 3.30. The first-order valence-corrected chi connectivity index (χ1v) is 9.34. The number of hydrogen-bond donors (Lipinski definition) is 1. The Morgan fingerprint density at radius 2 is 1.92 bits per heavy atom. The molecule has 0 fully saturated rings. The SMILES string of the molecule is C=CCc1ccc(Oc2cc([N+](=O)[O-])ccc2NS(C)(=O)=O)c(OC)c1. The number of non-ortho nitro benzene ring substituents is 1. The normalized spacial score (nSPS) is 10.8. The number of nitro benzene ring substituents is 1. The van der Waals surface area contributed by atoms with Gasteiger partial charge >= 0.3 is 0 Å². The number of nitro groups is 1. The fraction of sp³-hybridized carbons (Fsp3) is 0.176. The molecule has 0 heterocycles. The number of nitrogens with zero attached hydrogens (tertiary/aromatic N) is 1. The lowest BCUT2D eigenvalue weighted by Crippen LogP contribution is -2.10. The van der Waals surface area contributed by atoms with Crippen molar-refractivity contribution in [1.29, 1.82) is 0 Å². The molecule has 2 aromatic rings. The first kappa shape index (κ1) is 19.3. The van der Waals surface area contributed by atoms with Crippen LogP contribution in [0.5, 0.6) is 17.2 Å². The minimum absolute atomic E-state index is 0.0144. The zero-order chi connectivity index (χ0) is 19.3. The zero-order valence-electron chi connectivity index (χ0n) is 14.3. The molecule has 0 atom stereocenters. The summed E-state index contributed by atoms with van der Waals surface area (Å²) in [5, 5.41) is 11.0. The van der Waals surface area contributed by atoms with E-state index in [2.05, 4.69) is 11.3 Å². The second kappa shape index (κ2) is 7.87. The number of rotatable bonds is 8. The molecule has 0 aliphatic rings. The summed E-state index contributed by atoms with van der Waals surface area (Å²) in [6.07, 6.45) is 3.35. The predicted octanol–water partition coefficient (Wildman–Crippen LogP) is 3.50. The summed E-state index contributed by atoms with van der Waals surface area (Å²) < 4.78 is 36.3. The van der Waals surface area contributed by atoms with Gasteiger partial charge in [-0.3, -0.25) is 14.8 Å². The van der Waals surface area contributed by atoms with Gasteiger partial charge in [0.1, 0.15) is 0 Å². The molecule has 138 valence electrons. The zero-order valence-corrected chi connectivity index (χ0v) is 15.1. The van der Waals surface area contributed by atoms with Crippen LogP contribution in [0.2, 0.25) is 0 Å². The Kier molecular flexibility index (Phi) is 5.83. The third-order valence-corrected chi connectivity index (χ3v) is 3.89. The highest BCUT2D eigenvalue weighted by molar-refractivity contribution is 7.92. The van der Waals surface area contributed by atoms with E-state index in [1.807, 2.05) is 0 Å². The number of methoxy groups -OCH3 is 1. The summed E-state index contributed by atoms with van der Waals surface area (Å²) in [4.78, 5) is 10.4.